The molecule has 1 aromatic carbocycles. The first-order valence-corrected chi connectivity index (χ1v) is 7.63. The summed E-state index contributed by atoms with van der Waals surface area (Å²) in [5, 5.41) is 8.47. The summed E-state index contributed by atoms with van der Waals surface area (Å²) in [6.45, 7) is 0. The van der Waals surface area contributed by atoms with Crippen molar-refractivity contribution in [3.8, 4) is 6.07 Å². The Labute approximate surface area is 99.4 Å². The van der Waals surface area contributed by atoms with Crippen molar-refractivity contribution in [2.75, 3.05) is 11.5 Å². The predicted octanol–water partition coefficient (Wildman–Crippen LogP) is 2.02. The minimum absolute atomic E-state index is 0.273. The molecule has 2 rings (SSSR count). The summed E-state index contributed by atoms with van der Waals surface area (Å²) in [5.74, 6) is 0.649. The molecule has 0 radical (unpaired) electrons. The van der Waals surface area contributed by atoms with E-state index in [1.165, 1.54) is 4.90 Å². The highest BCUT2D eigenvalue weighted by Gasteiger charge is 2.17. The number of hydrogen-bond donors (Lipinski definition) is 0. The third-order valence-electron chi connectivity index (χ3n) is 2.49. The number of nitrogens with zero attached hydrogens (tertiary/aromatic N) is 1. The van der Waals surface area contributed by atoms with Gasteiger partial charge in [-0.15, -0.1) is 11.8 Å². The molecule has 84 valence electrons. The molecule has 5 heteroatoms. The SMILES string of the molecule is N#CCS(=O)(=O)c1ccc2c(c1)CCCS2. The highest BCUT2D eigenvalue weighted by Crippen LogP contribution is 2.31. The third kappa shape index (κ3) is 2.23. The van der Waals surface area contributed by atoms with Crippen LogP contribution in [0.15, 0.2) is 28.0 Å². The lowest BCUT2D eigenvalue weighted by molar-refractivity contribution is 0.599. The number of rotatable bonds is 2. The first kappa shape index (κ1) is 11.5. The van der Waals surface area contributed by atoms with Crippen LogP contribution in [-0.2, 0) is 16.3 Å². The van der Waals surface area contributed by atoms with Gasteiger partial charge in [-0.1, -0.05) is 0 Å². The van der Waals surface area contributed by atoms with Crippen LogP contribution in [0.3, 0.4) is 0 Å². The molecular formula is C11H11NO2S2. The highest BCUT2D eigenvalue weighted by molar-refractivity contribution is 7.99. The molecule has 0 saturated heterocycles. The molecule has 1 aliphatic heterocycles. The van der Waals surface area contributed by atoms with Crippen LogP contribution in [0.25, 0.3) is 0 Å². The number of sulfone groups is 1. The summed E-state index contributed by atoms with van der Waals surface area (Å²) in [5.41, 5.74) is 1.09. The Bertz CT molecular complexity index is 544. The van der Waals surface area contributed by atoms with Gasteiger partial charge in [0.15, 0.2) is 9.84 Å². The van der Waals surface area contributed by atoms with E-state index in [1.807, 2.05) is 6.07 Å². The minimum atomic E-state index is -3.41. The Kier molecular flexibility index (Phi) is 3.22. The molecule has 1 aliphatic rings. The predicted molar refractivity (Wildman–Crippen MR) is 63.2 cm³/mol. The second-order valence-electron chi connectivity index (χ2n) is 3.64. The standard InChI is InChI=1S/C11H11NO2S2/c12-5-7-16(13,14)10-3-4-11-9(8-10)2-1-6-15-11/h3-4,8H,1-2,6-7H2. The largest absolute Gasteiger partial charge is 0.223 e. The number of fused-ring (bicyclic) bond motifs is 1. The second-order valence-corrected chi connectivity index (χ2v) is 6.77. The van der Waals surface area contributed by atoms with Gasteiger partial charge >= 0.3 is 0 Å². The van der Waals surface area contributed by atoms with E-state index in [-0.39, 0.29) is 4.90 Å². The number of nitriles is 1. The van der Waals surface area contributed by atoms with Crippen molar-refractivity contribution in [3.63, 3.8) is 0 Å². The van der Waals surface area contributed by atoms with Crippen molar-refractivity contribution in [1.29, 1.82) is 5.26 Å². The molecule has 0 atom stereocenters. The zero-order valence-electron chi connectivity index (χ0n) is 8.64. The van der Waals surface area contributed by atoms with E-state index in [2.05, 4.69) is 0 Å². The van der Waals surface area contributed by atoms with Crippen LogP contribution in [0.4, 0.5) is 0 Å². The van der Waals surface area contributed by atoms with Crippen LogP contribution in [0.5, 0.6) is 0 Å². The fourth-order valence-corrected chi connectivity index (χ4v) is 3.65. The molecule has 0 aliphatic carbocycles. The molecule has 0 bridgehead atoms. The summed E-state index contributed by atoms with van der Waals surface area (Å²) >= 11 is 1.76. The average Bonchev–Trinajstić information content (AvgIpc) is 2.28. The van der Waals surface area contributed by atoms with Gasteiger partial charge in [-0.2, -0.15) is 5.26 Å². The maximum Gasteiger partial charge on any atom is 0.191 e. The second kappa shape index (κ2) is 4.48. The van der Waals surface area contributed by atoms with Gasteiger partial charge < -0.3 is 0 Å². The lowest BCUT2D eigenvalue weighted by Gasteiger charge is -2.15. The van der Waals surface area contributed by atoms with Gasteiger partial charge in [0, 0.05) is 4.90 Å². The molecule has 0 amide bonds. The van der Waals surface area contributed by atoms with Gasteiger partial charge in [-0.3, -0.25) is 0 Å². The van der Waals surface area contributed by atoms with Crippen molar-refractivity contribution in [2.24, 2.45) is 0 Å². The van der Waals surface area contributed by atoms with Crippen molar-refractivity contribution in [2.45, 2.75) is 22.6 Å². The summed E-state index contributed by atoms with van der Waals surface area (Å²) in [4.78, 5) is 1.44. The van der Waals surface area contributed by atoms with Crippen LogP contribution in [0, 0.1) is 11.3 Å². The van der Waals surface area contributed by atoms with E-state index in [9.17, 15) is 8.42 Å². The van der Waals surface area contributed by atoms with E-state index in [4.69, 9.17) is 5.26 Å². The van der Waals surface area contributed by atoms with Crippen LogP contribution >= 0.6 is 11.8 Å². The number of benzene rings is 1. The molecule has 0 saturated carbocycles. The van der Waals surface area contributed by atoms with Gasteiger partial charge in [0.2, 0.25) is 0 Å². The van der Waals surface area contributed by atoms with Crippen LogP contribution in [0.2, 0.25) is 0 Å². The number of hydrogen-bond acceptors (Lipinski definition) is 4. The number of thioether (sulfide) groups is 1. The molecular weight excluding hydrogens is 242 g/mol. The smallest absolute Gasteiger partial charge is 0.191 e. The molecule has 0 N–H and O–H groups in total. The van der Waals surface area contributed by atoms with Crippen LogP contribution in [-0.4, -0.2) is 19.9 Å². The molecule has 1 heterocycles. The van der Waals surface area contributed by atoms with E-state index < -0.39 is 15.6 Å². The quantitative estimate of drug-likeness (QED) is 0.809. The van der Waals surface area contributed by atoms with Gasteiger partial charge in [-0.05, 0) is 42.4 Å². The Hall–Kier alpha value is -0.990. The van der Waals surface area contributed by atoms with Gasteiger partial charge in [0.25, 0.3) is 0 Å². The van der Waals surface area contributed by atoms with E-state index in [0.29, 0.717) is 0 Å². The molecule has 0 aromatic heterocycles. The highest BCUT2D eigenvalue weighted by atomic mass is 32.2. The maximum absolute atomic E-state index is 11.7. The van der Waals surface area contributed by atoms with Crippen LogP contribution in [0.1, 0.15) is 12.0 Å². The monoisotopic (exact) mass is 253 g/mol. The summed E-state index contributed by atoms with van der Waals surface area (Å²) in [6.07, 6.45) is 2.01. The fourth-order valence-electron chi connectivity index (χ4n) is 1.70. The van der Waals surface area contributed by atoms with Gasteiger partial charge in [0.05, 0.1) is 11.0 Å². The summed E-state index contributed by atoms with van der Waals surface area (Å²) in [7, 11) is -3.41. The molecule has 3 nitrogen and oxygen atoms in total. The number of aryl methyl sites for hydroxylation is 1. The van der Waals surface area contributed by atoms with Gasteiger partial charge in [0.1, 0.15) is 5.75 Å². The summed E-state index contributed by atoms with van der Waals surface area (Å²) in [6, 6.07) is 6.86. The van der Waals surface area contributed by atoms with Crippen molar-refractivity contribution in [1.82, 2.24) is 0 Å². The first-order valence-electron chi connectivity index (χ1n) is 4.99. The Morgan fingerprint density at radius 2 is 2.25 bits per heavy atom. The zero-order chi connectivity index (χ0) is 11.6. The van der Waals surface area contributed by atoms with Crippen LogP contribution < -0.4 is 0 Å². The molecule has 0 spiro atoms. The minimum Gasteiger partial charge on any atom is -0.223 e. The topological polar surface area (TPSA) is 57.9 Å². The zero-order valence-corrected chi connectivity index (χ0v) is 10.3. The Balaban J connectivity index is 2.42. The molecule has 0 fully saturated rings. The fraction of sp³-hybridized carbons (Fsp3) is 0.364. The lowest BCUT2D eigenvalue weighted by atomic mass is 10.1. The molecule has 1 aromatic rings. The normalized spacial score (nSPS) is 15.2. The van der Waals surface area contributed by atoms with E-state index in [1.54, 1.807) is 30.0 Å². The lowest BCUT2D eigenvalue weighted by Crippen LogP contribution is -2.07. The Morgan fingerprint density at radius 1 is 1.44 bits per heavy atom. The van der Waals surface area contributed by atoms with E-state index in [0.717, 1.165) is 24.2 Å². The van der Waals surface area contributed by atoms with Crippen molar-refractivity contribution >= 4 is 21.6 Å². The third-order valence-corrected chi connectivity index (χ3v) is 5.18. The van der Waals surface area contributed by atoms with Crippen molar-refractivity contribution in [3.05, 3.63) is 23.8 Å². The van der Waals surface area contributed by atoms with Crippen molar-refractivity contribution < 1.29 is 8.42 Å². The summed E-state index contributed by atoms with van der Waals surface area (Å²) < 4.78 is 23.4. The molecule has 0 unspecified atom stereocenters. The molecule has 16 heavy (non-hydrogen) atoms. The maximum atomic E-state index is 11.7. The van der Waals surface area contributed by atoms with Gasteiger partial charge in [-0.25, -0.2) is 8.42 Å². The average molecular weight is 253 g/mol. The van der Waals surface area contributed by atoms with E-state index >= 15 is 0 Å². The first-order chi connectivity index (χ1) is 7.63. The Morgan fingerprint density at radius 3 is 3.00 bits per heavy atom.